The Kier molecular flexibility index (Phi) is 4.84. The van der Waals surface area contributed by atoms with Gasteiger partial charge in [-0.3, -0.25) is 0 Å². The highest BCUT2D eigenvalue weighted by molar-refractivity contribution is 5.54. The van der Waals surface area contributed by atoms with Gasteiger partial charge in [0.15, 0.2) is 0 Å². The Morgan fingerprint density at radius 2 is 2.15 bits per heavy atom. The van der Waals surface area contributed by atoms with Gasteiger partial charge in [0, 0.05) is 18.0 Å². The van der Waals surface area contributed by atoms with Crippen LogP contribution in [0.3, 0.4) is 0 Å². The van der Waals surface area contributed by atoms with Crippen molar-refractivity contribution < 1.29 is 8.91 Å². The monoisotopic (exact) mass is 277 g/mol. The molecule has 2 aromatic rings. The van der Waals surface area contributed by atoms with Crippen LogP contribution in [0.2, 0.25) is 0 Å². The van der Waals surface area contributed by atoms with Crippen LogP contribution >= 0.6 is 0 Å². The lowest BCUT2D eigenvalue weighted by atomic mass is 10.1. The van der Waals surface area contributed by atoms with Crippen LogP contribution in [0.4, 0.5) is 4.39 Å². The van der Waals surface area contributed by atoms with Gasteiger partial charge in [-0.15, -0.1) is 0 Å². The number of hydrogen-bond acceptors (Lipinski definition) is 4. The first kappa shape index (κ1) is 14.7. The molecule has 1 aromatic carbocycles. The molecule has 1 heterocycles. The molecule has 0 aliphatic rings. The SMILES string of the molecule is Cc1ccc(-c2noc(CCCNC(C)C)n2)cc1F. The molecule has 0 spiro atoms. The number of nitrogens with zero attached hydrogens (tertiary/aromatic N) is 2. The topological polar surface area (TPSA) is 51.0 Å². The lowest BCUT2D eigenvalue weighted by Gasteiger charge is -2.05. The fourth-order valence-corrected chi connectivity index (χ4v) is 1.84. The van der Waals surface area contributed by atoms with Crippen molar-refractivity contribution in [3.05, 3.63) is 35.5 Å². The van der Waals surface area contributed by atoms with E-state index in [1.165, 1.54) is 6.07 Å². The third-order valence-electron chi connectivity index (χ3n) is 3.02. The summed E-state index contributed by atoms with van der Waals surface area (Å²) in [6, 6.07) is 5.43. The maximum absolute atomic E-state index is 13.5. The van der Waals surface area contributed by atoms with Gasteiger partial charge in [0.25, 0.3) is 0 Å². The number of rotatable bonds is 6. The quantitative estimate of drug-likeness (QED) is 0.824. The van der Waals surface area contributed by atoms with Gasteiger partial charge in [0.2, 0.25) is 11.7 Å². The van der Waals surface area contributed by atoms with Crippen LogP contribution in [0.1, 0.15) is 31.7 Å². The van der Waals surface area contributed by atoms with Gasteiger partial charge < -0.3 is 9.84 Å². The molecular weight excluding hydrogens is 257 g/mol. The molecule has 0 unspecified atom stereocenters. The fourth-order valence-electron chi connectivity index (χ4n) is 1.84. The highest BCUT2D eigenvalue weighted by Gasteiger charge is 2.10. The average Bonchev–Trinajstić information content (AvgIpc) is 2.86. The molecule has 0 bridgehead atoms. The third-order valence-corrected chi connectivity index (χ3v) is 3.02. The van der Waals surface area contributed by atoms with E-state index in [9.17, 15) is 4.39 Å². The van der Waals surface area contributed by atoms with E-state index >= 15 is 0 Å². The summed E-state index contributed by atoms with van der Waals surface area (Å²) in [5.41, 5.74) is 1.25. The van der Waals surface area contributed by atoms with Crippen LogP contribution in [0, 0.1) is 12.7 Å². The van der Waals surface area contributed by atoms with E-state index in [4.69, 9.17) is 4.52 Å². The van der Waals surface area contributed by atoms with Crippen LogP contribution in [0.15, 0.2) is 22.7 Å². The Bertz CT molecular complexity index is 566. The zero-order valence-corrected chi connectivity index (χ0v) is 12.1. The molecule has 5 heteroatoms. The van der Waals surface area contributed by atoms with Crippen molar-refractivity contribution in [1.29, 1.82) is 0 Å². The standard InChI is InChI=1S/C15H20FN3O/c1-10(2)17-8-4-5-14-18-15(19-20-14)12-7-6-11(3)13(16)9-12/h6-7,9-10,17H,4-5,8H2,1-3H3. The summed E-state index contributed by atoms with van der Waals surface area (Å²) in [7, 11) is 0. The van der Waals surface area contributed by atoms with Gasteiger partial charge >= 0.3 is 0 Å². The number of nitrogens with one attached hydrogen (secondary N) is 1. The van der Waals surface area contributed by atoms with E-state index in [0.29, 0.717) is 28.9 Å². The molecule has 1 N–H and O–H groups in total. The molecule has 0 saturated carbocycles. The highest BCUT2D eigenvalue weighted by Crippen LogP contribution is 2.19. The molecule has 0 atom stereocenters. The second-order valence-corrected chi connectivity index (χ2v) is 5.19. The second kappa shape index (κ2) is 6.61. The number of hydrogen-bond donors (Lipinski definition) is 1. The van der Waals surface area contributed by atoms with Gasteiger partial charge in [-0.2, -0.15) is 4.98 Å². The van der Waals surface area contributed by atoms with Crippen LogP contribution in [0.25, 0.3) is 11.4 Å². The van der Waals surface area contributed by atoms with E-state index in [2.05, 4.69) is 29.3 Å². The molecule has 0 radical (unpaired) electrons. The van der Waals surface area contributed by atoms with Crippen LogP contribution in [-0.4, -0.2) is 22.7 Å². The van der Waals surface area contributed by atoms with Crippen molar-refractivity contribution in [1.82, 2.24) is 15.5 Å². The van der Waals surface area contributed by atoms with E-state index < -0.39 is 0 Å². The predicted molar refractivity (Wildman–Crippen MR) is 75.9 cm³/mol. The Hall–Kier alpha value is -1.75. The molecule has 108 valence electrons. The third kappa shape index (κ3) is 3.87. The fraction of sp³-hybridized carbons (Fsp3) is 0.467. The van der Waals surface area contributed by atoms with E-state index in [0.717, 1.165) is 19.4 Å². The van der Waals surface area contributed by atoms with Gasteiger partial charge in [0.05, 0.1) is 0 Å². The zero-order valence-electron chi connectivity index (χ0n) is 12.1. The smallest absolute Gasteiger partial charge is 0.227 e. The van der Waals surface area contributed by atoms with Crippen molar-refractivity contribution in [2.24, 2.45) is 0 Å². The van der Waals surface area contributed by atoms with Crippen LogP contribution in [0.5, 0.6) is 0 Å². The first-order valence-corrected chi connectivity index (χ1v) is 6.89. The first-order chi connectivity index (χ1) is 9.56. The Morgan fingerprint density at radius 3 is 2.85 bits per heavy atom. The Morgan fingerprint density at radius 1 is 1.35 bits per heavy atom. The molecule has 0 fully saturated rings. The van der Waals surface area contributed by atoms with Gasteiger partial charge in [-0.1, -0.05) is 31.1 Å². The van der Waals surface area contributed by atoms with Gasteiger partial charge in [-0.25, -0.2) is 4.39 Å². The van der Waals surface area contributed by atoms with E-state index in [1.54, 1.807) is 19.1 Å². The summed E-state index contributed by atoms with van der Waals surface area (Å²) in [4.78, 5) is 4.30. The minimum Gasteiger partial charge on any atom is -0.339 e. The molecule has 0 aliphatic heterocycles. The molecule has 0 saturated heterocycles. The molecule has 1 aromatic heterocycles. The lowest BCUT2D eigenvalue weighted by molar-refractivity contribution is 0.374. The average molecular weight is 277 g/mol. The maximum Gasteiger partial charge on any atom is 0.227 e. The highest BCUT2D eigenvalue weighted by atomic mass is 19.1. The van der Waals surface area contributed by atoms with Gasteiger partial charge in [-0.05, 0) is 31.5 Å². The number of aryl methyl sites for hydroxylation is 2. The summed E-state index contributed by atoms with van der Waals surface area (Å²) >= 11 is 0. The Balaban J connectivity index is 1.96. The lowest BCUT2D eigenvalue weighted by Crippen LogP contribution is -2.23. The first-order valence-electron chi connectivity index (χ1n) is 6.89. The molecule has 20 heavy (non-hydrogen) atoms. The van der Waals surface area contributed by atoms with Crippen molar-refractivity contribution in [3.8, 4) is 11.4 Å². The van der Waals surface area contributed by atoms with Gasteiger partial charge in [0.1, 0.15) is 5.82 Å². The summed E-state index contributed by atoms with van der Waals surface area (Å²) in [5.74, 6) is 0.775. The van der Waals surface area contributed by atoms with Crippen molar-refractivity contribution in [2.75, 3.05) is 6.54 Å². The molecule has 4 nitrogen and oxygen atoms in total. The normalized spacial score (nSPS) is 11.2. The predicted octanol–water partition coefficient (Wildman–Crippen LogP) is 3.11. The minimum absolute atomic E-state index is 0.255. The van der Waals surface area contributed by atoms with Crippen LogP contribution < -0.4 is 5.32 Å². The summed E-state index contributed by atoms with van der Waals surface area (Å²) in [6.07, 6.45) is 1.66. The molecular formula is C15H20FN3O. The number of benzene rings is 1. The van der Waals surface area contributed by atoms with Crippen molar-refractivity contribution in [3.63, 3.8) is 0 Å². The molecule has 2 rings (SSSR count). The second-order valence-electron chi connectivity index (χ2n) is 5.19. The van der Waals surface area contributed by atoms with E-state index in [1.807, 2.05) is 0 Å². The molecule has 0 amide bonds. The van der Waals surface area contributed by atoms with Crippen LogP contribution in [-0.2, 0) is 6.42 Å². The van der Waals surface area contributed by atoms with E-state index in [-0.39, 0.29) is 5.82 Å². The number of aromatic nitrogens is 2. The summed E-state index contributed by atoms with van der Waals surface area (Å²) in [5, 5.41) is 7.23. The van der Waals surface area contributed by atoms with Crippen molar-refractivity contribution >= 4 is 0 Å². The Labute approximate surface area is 118 Å². The number of halogens is 1. The van der Waals surface area contributed by atoms with Crippen molar-refractivity contribution in [2.45, 2.75) is 39.7 Å². The zero-order chi connectivity index (χ0) is 14.5. The maximum atomic E-state index is 13.5. The summed E-state index contributed by atoms with van der Waals surface area (Å²) < 4.78 is 18.7. The summed E-state index contributed by atoms with van der Waals surface area (Å²) in [6.45, 7) is 6.85. The minimum atomic E-state index is -0.255. The molecule has 0 aliphatic carbocycles. The largest absolute Gasteiger partial charge is 0.339 e.